The summed E-state index contributed by atoms with van der Waals surface area (Å²) in [6.45, 7) is -0.351. The highest BCUT2D eigenvalue weighted by Crippen LogP contribution is 2.42. The van der Waals surface area contributed by atoms with Crippen LogP contribution in [0.2, 0.25) is 0 Å². The molecule has 0 radical (unpaired) electrons. The molecule has 0 saturated heterocycles. The summed E-state index contributed by atoms with van der Waals surface area (Å²) in [5, 5.41) is 19.4. The first-order valence-electron chi connectivity index (χ1n) is 6.77. The van der Waals surface area contributed by atoms with Crippen molar-refractivity contribution in [1.82, 2.24) is 0 Å². The Balaban J connectivity index is 2.24. The van der Waals surface area contributed by atoms with Gasteiger partial charge in [-0.05, 0) is 36.8 Å². The molecule has 106 valence electrons. The quantitative estimate of drug-likeness (QED) is 0.863. The maximum Gasteiger partial charge on any atom is 0.129 e. The highest BCUT2D eigenvalue weighted by Gasteiger charge is 2.39. The van der Waals surface area contributed by atoms with E-state index in [0.29, 0.717) is 5.56 Å². The van der Waals surface area contributed by atoms with E-state index in [-0.39, 0.29) is 25.6 Å². The molecule has 0 amide bonds. The minimum atomic E-state index is -0.699. The maximum atomic E-state index is 13.7. The average Bonchev–Trinajstić information content (AvgIpc) is 2.93. The number of hydrogen-bond donors (Lipinski definition) is 2. The largest absolute Gasteiger partial charge is 0.396 e. The average molecular weight is 270 g/mol. The van der Waals surface area contributed by atoms with Crippen LogP contribution in [0.4, 0.5) is 8.78 Å². The van der Waals surface area contributed by atoms with Gasteiger partial charge in [-0.3, -0.25) is 0 Å². The second-order valence-corrected chi connectivity index (χ2v) is 5.57. The lowest BCUT2D eigenvalue weighted by Gasteiger charge is -2.36. The Bertz CT molecular complexity index is 424. The van der Waals surface area contributed by atoms with Crippen LogP contribution in [0.5, 0.6) is 0 Å². The zero-order chi connectivity index (χ0) is 13.9. The van der Waals surface area contributed by atoms with E-state index in [2.05, 4.69) is 0 Å². The van der Waals surface area contributed by atoms with Crippen LogP contribution in [0.3, 0.4) is 0 Å². The van der Waals surface area contributed by atoms with Gasteiger partial charge >= 0.3 is 0 Å². The SMILES string of the molecule is OCC(CO)(Cc1ccc(F)cc1F)C1CCCC1. The predicted octanol–water partition coefficient (Wildman–Crippen LogP) is 2.67. The molecule has 0 aromatic heterocycles. The lowest BCUT2D eigenvalue weighted by Crippen LogP contribution is -2.39. The zero-order valence-electron chi connectivity index (χ0n) is 10.9. The van der Waals surface area contributed by atoms with E-state index in [9.17, 15) is 19.0 Å². The van der Waals surface area contributed by atoms with Gasteiger partial charge in [0.25, 0.3) is 0 Å². The van der Waals surface area contributed by atoms with Gasteiger partial charge < -0.3 is 10.2 Å². The van der Waals surface area contributed by atoms with E-state index in [4.69, 9.17) is 0 Å². The topological polar surface area (TPSA) is 40.5 Å². The predicted molar refractivity (Wildman–Crippen MR) is 68.6 cm³/mol. The van der Waals surface area contributed by atoms with Crippen LogP contribution in [0.1, 0.15) is 31.2 Å². The molecule has 1 aliphatic rings. The molecule has 4 heteroatoms. The Kier molecular flexibility index (Phi) is 4.53. The summed E-state index contributed by atoms with van der Waals surface area (Å²) < 4.78 is 26.6. The molecule has 0 aliphatic heterocycles. The van der Waals surface area contributed by atoms with Crippen molar-refractivity contribution >= 4 is 0 Å². The summed E-state index contributed by atoms with van der Waals surface area (Å²) >= 11 is 0. The molecule has 0 bridgehead atoms. The molecule has 1 fully saturated rings. The first kappa shape index (κ1) is 14.4. The van der Waals surface area contributed by atoms with Crippen LogP contribution < -0.4 is 0 Å². The summed E-state index contributed by atoms with van der Waals surface area (Å²) in [5.41, 5.74) is -0.341. The highest BCUT2D eigenvalue weighted by atomic mass is 19.1. The lowest BCUT2D eigenvalue weighted by atomic mass is 9.71. The summed E-state index contributed by atoms with van der Waals surface area (Å²) in [4.78, 5) is 0. The molecule has 2 N–H and O–H groups in total. The van der Waals surface area contributed by atoms with Gasteiger partial charge in [-0.15, -0.1) is 0 Å². The van der Waals surface area contributed by atoms with Crippen molar-refractivity contribution in [3.05, 3.63) is 35.4 Å². The normalized spacial score (nSPS) is 17.1. The first-order chi connectivity index (χ1) is 9.11. The maximum absolute atomic E-state index is 13.7. The minimum Gasteiger partial charge on any atom is -0.396 e. The zero-order valence-corrected chi connectivity index (χ0v) is 10.9. The van der Waals surface area contributed by atoms with Gasteiger partial charge in [0.2, 0.25) is 0 Å². The van der Waals surface area contributed by atoms with Crippen molar-refractivity contribution in [2.75, 3.05) is 13.2 Å². The van der Waals surface area contributed by atoms with E-state index in [1.807, 2.05) is 0 Å². The molecule has 1 aromatic carbocycles. The summed E-state index contributed by atoms with van der Waals surface area (Å²) in [6.07, 6.45) is 4.31. The summed E-state index contributed by atoms with van der Waals surface area (Å²) in [5.74, 6) is -1.02. The van der Waals surface area contributed by atoms with E-state index in [1.165, 1.54) is 12.1 Å². The molecule has 19 heavy (non-hydrogen) atoms. The van der Waals surface area contributed by atoms with Crippen LogP contribution >= 0.6 is 0 Å². The molecule has 0 unspecified atom stereocenters. The lowest BCUT2D eigenvalue weighted by molar-refractivity contribution is 0.00511. The fraction of sp³-hybridized carbons (Fsp3) is 0.600. The van der Waals surface area contributed by atoms with Gasteiger partial charge in [-0.25, -0.2) is 8.78 Å². The fourth-order valence-electron chi connectivity index (χ4n) is 3.15. The van der Waals surface area contributed by atoms with Gasteiger partial charge in [0.1, 0.15) is 11.6 Å². The van der Waals surface area contributed by atoms with Crippen LogP contribution in [0.15, 0.2) is 18.2 Å². The molecule has 2 nitrogen and oxygen atoms in total. The number of aliphatic hydroxyl groups excluding tert-OH is 2. The fourth-order valence-corrected chi connectivity index (χ4v) is 3.15. The molecular formula is C15H20F2O2. The number of aliphatic hydroxyl groups is 2. The Labute approximate surface area is 112 Å². The molecule has 0 heterocycles. The molecule has 2 rings (SSSR count). The van der Waals surface area contributed by atoms with Crippen molar-refractivity contribution in [2.24, 2.45) is 11.3 Å². The molecule has 1 saturated carbocycles. The second kappa shape index (κ2) is 5.97. The van der Waals surface area contributed by atoms with Crippen molar-refractivity contribution in [3.8, 4) is 0 Å². The Morgan fingerprint density at radius 2 is 1.74 bits per heavy atom. The molecule has 1 aromatic rings. The minimum absolute atomic E-state index is 0.176. The third-order valence-corrected chi connectivity index (χ3v) is 4.41. The van der Waals surface area contributed by atoms with Gasteiger partial charge in [0.05, 0.1) is 13.2 Å². The number of hydrogen-bond acceptors (Lipinski definition) is 2. The first-order valence-corrected chi connectivity index (χ1v) is 6.77. The van der Waals surface area contributed by atoms with E-state index < -0.39 is 17.0 Å². The van der Waals surface area contributed by atoms with Crippen molar-refractivity contribution in [2.45, 2.75) is 32.1 Å². The summed E-state index contributed by atoms with van der Waals surface area (Å²) in [7, 11) is 0. The Morgan fingerprint density at radius 3 is 2.26 bits per heavy atom. The van der Waals surface area contributed by atoms with Crippen LogP contribution in [0, 0.1) is 23.0 Å². The van der Waals surface area contributed by atoms with Crippen LogP contribution in [-0.4, -0.2) is 23.4 Å². The van der Waals surface area contributed by atoms with Gasteiger partial charge in [-0.2, -0.15) is 0 Å². The van der Waals surface area contributed by atoms with Crippen molar-refractivity contribution in [3.63, 3.8) is 0 Å². The molecule has 0 atom stereocenters. The van der Waals surface area contributed by atoms with Crippen molar-refractivity contribution < 1.29 is 19.0 Å². The number of benzene rings is 1. The van der Waals surface area contributed by atoms with E-state index in [1.54, 1.807) is 0 Å². The highest BCUT2D eigenvalue weighted by molar-refractivity contribution is 5.20. The third kappa shape index (κ3) is 2.95. The van der Waals surface area contributed by atoms with Gasteiger partial charge in [0, 0.05) is 11.5 Å². The monoisotopic (exact) mass is 270 g/mol. The van der Waals surface area contributed by atoms with E-state index >= 15 is 0 Å². The Morgan fingerprint density at radius 1 is 1.11 bits per heavy atom. The molecule has 1 aliphatic carbocycles. The van der Waals surface area contributed by atoms with E-state index in [0.717, 1.165) is 31.7 Å². The van der Waals surface area contributed by atoms with Crippen LogP contribution in [0.25, 0.3) is 0 Å². The number of halogens is 2. The second-order valence-electron chi connectivity index (χ2n) is 5.57. The standard InChI is InChI=1S/C15H20F2O2/c16-13-6-5-11(14(17)7-13)8-15(9-18,10-19)12-3-1-2-4-12/h5-7,12,18-19H,1-4,8-10H2. The van der Waals surface area contributed by atoms with Crippen molar-refractivity contribution in [1.29, 1.82) is 0 Å². The van der Waals surface area contributed by atoms with Gasteiger partial charge in [0.15, 0.2) is 0 Å². The molecule has 0 spiro atoms. The Hall–Kier alpha value is -1.00. The number of rotatable bonds is 5. The third-order valence-electron chi connectivity index (χ3n) is 4.41. The smallest absolute Gasteiger partial charge is 0.129 e. The molecular weight excluding hydrogens is 250 g/mol. The van der Waals surface area contributed by atoms with Crippen LogP contribution in [-0.2, 0) is 6.42 Å². The summed E-state index contributed by atoms with van der Waals surface area (Å²) in [6, 6.07) is 3.47. The van der Waals surface area contributed by atoms with Gasteiger partial charge in [-0.1, -0.05) is 18.9 Å².